The number of fused-ring (bicyclic) bond motifs is 1. The summed E-state index contributed by atoms with van der Waals surface area (Å²) in [4.78, 5) is 15.1. The number of thiophene rings is 1. The number of amides is 1. The molecule has 0 spiro atoms. The molecule has 1 N–H and O–H groups in total. The summed E-state index contributed by atoms with van der Waals surface area (Å²) in [7, 11) is 0. The molecule has 0 bridgehead atoms. The minimum Gasteiger partial charge on any atom is -0.396 e. The maximum absolute atomic E-state index is 13.7. The van der Waals surface area contributed by atoms with Gasteiger partial charge in [0.2, 0.25) is 0 Å². The molecule has 3 nitrogen and oxygen atoms in total. The number of hydrogen-bond acceptors (Lipinski definition) is 3. The molecule has 1 aromatic heterocycles. The lowest BCUT2D eigenvalue weighted by Gasteiger charge is -2.23. The van der Waals surface area contributed by atoms with Gasteiger partial charge in [-0.1, -0.05) is 6.07 Å². The van der Waals surface area contributed by atoms with Crippen molar-refractivity contribution in [3.05, 3.63) is 35.0 Å². The van der Waals surface area contributed by atoms with Crippen LogP contribution in [0.15, 0.2) is 24.3 Å². The van der Waals surface area contributed by atoms with Crippen LogP contribution < -0.4 is 0 Å². The fourth-order valence-electron chi connectivity index (χ4n) is 3.00. The van der Waals surface area contributed by atoms with Gasteiger partial charge < -0.3 is 10.0 Å². The van der Waals surface area contributed by atoms with E-state index in [9.17, 15) is 9.18 Å². The van der Waals surface area contributed by atoms with E-state index in [2.05, 4.69) is 0 Å². The first kappa shape index (κ1) is 14.5. The maximum atomic E-state index is 13.7. The van der Waals surface area contributed by atoms with E-state index < -0.39 is 0 Å². The van der Waals surface area contributed by atoms with Gasteiger partial charge in [0, 0.05) is 29.3 Å². The average Bonchev–Trinajstić information content (AvgIpc) is 3.11. The van der Waals surface area contributed by atoms with Crippen molar-refractivity contribution in [2.75, 3.05) is 13.2 Å². The topological polar surface area (TPSA) is 40.5 Å². The van der Waals surface area contributed by atoms with Gasteiger partial charge in [0.15, 0.2) is 0 Å². The van der Waals surface area contributed by atoms with Crippen molar-refractivity contribution in [2.24, 2.45) is 0 Å². The number of aliphatic hydroxyl groups is 1. The summed E-state index contributed by atoms with van der Waals surface area (Å²) >= 11 is 1.35. The van der Waals surface area contributed by atoms with E-state index >= 15 is 0 Å². The number of rotatable bonds is 4. The van der Waals surface area contributed by atoms with Crippen molar-refractivity contribution in [3.8, 4) is 0 Å². The second-order valence-electron chi connectivity index (χ2n) is 5.42. The number of aliphatic hydroxyl groups excluding tert-OH is 1. The Morgan fingerprint density at radius 3 is 3.10 bits per heavy atom. The van der Waals surface area contributed by atoms with Crippen LogP contribution in [0.5, 0.6) is 0 Å². The van der Waals surface area contributed by atoms with Gasteiger partial charge in [-0.05, 0) is 43.9 Å². The highest BCUT2D eigenvalue weighted by molar-refractivity contribution is 7.20. The quantitative estimate of drug-likeness (QED) is 0.940. The molecule has 1 fully saturated rings. The highest BCUT2D eigenvalue weighted by Gasteiger charge is 2.29. The molecule has 1 unspecified atom stereocenters. The molecule has 0 saturated carbocycles. The predicted octanol–water partition coefficient (Wildman–Crippen LogP) is 3.42. The molecule has 0 radical (unpaired) electrons. The zero-order chi connectivity index (χ0) is 14.8. The van der Waals surface area contributed by atoms with Gasteiger partial charge in [-0.25, -0.2) is 4.39 Å². The third-order valence-corrected chi connectivity index (χ3v) is 5.14. The summed E-state index contributed by atoms with van der Waals surface area (Å²) in [5.41, 5.74) is 0. The van der Waals surface area contributed by atoms with Crippen molar-refractivity contribution in [1.29, 1.82) is 0 Å². The smallest absolute Gasteiger partial charge is 0.264 e. The third-order valence-electron chi connectivity index (χ3n) is 4.05. The molecule has 1 amide bonds. The van der Waals surface area contributed by atoms with E-state index in [1.165, 1.54) is 17.4 Å². The van der Waals surface area contributed by atoms with Crippen LogP contribution in [0.4, 0.5) is 4.39 Å². The van der Waals surface area contributed by atoms with Crippen molar-refractivity contribution >= 4 is 27.3 Å². The number of likely N-dealkylation sites (tertiary alicyclic amines) is 1. The van der Waals surface area contributed by atoms with Gasteiger partial charge in [0.1, 0.15) is 5.82 Å². The third kappa shape index (κ3) is 2.80. The largest absolute Gasteiger partial charge is 0.396 e. The fraction of sp³-hybridized carbons (Fsp3) is 0.438. The second-order valence-corrected chi connectivity index (χ2v) is 6.51. The van der Waals surface area contributed by atoms with E-state index in [1.807, 2.05) is 11.0 Å². The van der Waals surface area contributed by atoms with Gasteiger partial charge in [-0.3, -0.25) is 4.79 Å². The lowest BCUT2D eigenvalue weighted by molar-refractivity contribution is 0.0729. The lowest BCUT2D eigenvalue weighted by Crippen LogP contribution is -2.35. The molecule has 1 aliphatic rings. The van der Waals surface area contributed by atoms with Crippen LogP contribution in [0.25, 0.3) is 10.1 Å². The van der Waals surface area contributed by atoms with Crippen molar-refractivity contribution in [2.45, 2.75) is 31.7 Å². The van der Waals surface area contributed by atoms with Crippen LogP contribution >= 0.6 is 11.3 Å². The van der Waals surface area contributed by atoms with E-state index in [1.54, 1.807) is 12.1 Å². The van der Waals surface area contributed by atoms with E-state index in [-0.39, 0.29) is 24.4 Å². The zero-order valence-corrected chi connectivity index (χ0v) is 12.5. The molecule has 21 heavy (non-hydrogen) atoms. The molecular formula is C16H18FNO2S. The van der Waals surface area contributed by atoms with E-state index in [0.29, 0.717) is 10.3 Å². The minimum atomic E-state index is -0.277. The van der Waals surface area contributed by atoms with Crippen molar-refractivity contribution < 1.29 is 14.3 Å². The molecule has 1 aliphatic heterocycles. The van der Waals surface area contributed by atoms with Crippen LogP contribution in [-0.2, 0) is 0 Å². The normalized spacial score (nSPS) is 18.6. The first-order valence-electron chi connectivity index (χ1n) is 7.30. The minimum absolute atomic E-state index is 0.00367. The van der Waals surface area contributed by atoms with Crippen LogP contribution in [0.3, 0.4) is 0 Å². The van der Waals surface area contributed by atoms with Crippen LogP contribution in [0, 0.1) is 5.82 Å². The Bertz CT molecular complexity index is 655. The molecule has 3 rings (SSSR count). The summed E-state index contributed by atoms with van der Waals surface area (Å²) < 4.78 is 14.5. The summed E-state index contributed by atoms with van der Waals surface area (Å²) in [5, 5.41) is 9.48. The number of benzene rings is 1. The Hall–Kier alpha value is -1.46. The molecule has 0 aliphatic carbocycles. The van der Waals surface area contributed by atoms with Gasteiger partial charge in [-0.2, -0.15) is 0 Å². The Morgan fingerprint density at radius 2 is 2.33 bits per heavy atom. The fourth-order valence-corrected chi connectivity index (χ4v) is 4.03. The molecule has 2 heterocycles. The predicted molar refractivity (Wildman–Crippen MR) is 82.2 cm³/mol. The maximum Gasteiger partial charge on any atom is 0.264 e. The first-order valence-corrected chi connectivity index (χ1v) is 8.12. The number of carbonyl (C=O) groups is 1. The first-order chi connectivity index (χ1) is 10.2. The number of carbonyl (C=O) groups excluding carboxylic acids is 1. The molecule has 2 aromatic rings. The Labute approximate surface area is 127 Å². The highest BCUT2D eigenvalue weighted by Crippen LogP contribution is 2.31. The molecule has 112 valence electrons. The molecular weight excluding hydrogens is 289 g/mol. The standard InChI is InChI=1S/C16H18FNO2S/c17-13-6-1-7-14-12(13)10-15(21-14)16(20)18-8-2-4-11(18)5-3-9-19/h1,6-7,10-11,19H,2-5,8-9H2. The van der Waals surface area contributed by atoms with Gasteiger partial charge in [-0.15, -0.1) is 11.3 Å². The molecule has 5 heteroatoms. The SMILES string of the molecule is O=C(c1cc2c(F)cccc2s1)N1CCCC1CCCO. The van der Waals surface area contributed by atoms with Crippen molar-refractivity contribution in [1.82, 2.24) is 4.90 Å². The summed E-state index contributed by atoms with van der Waals surface area (Å²) in [6.07, 6.45) is 3.54. The second kappa shape index (κ2) is 6.12. The van der Waals surface area contributed by atoms with Gasteiger partial charge >= 0.3 is 0 Å². The summed E-state index contributed by atoms with van der Waals surface area (Å²) in [6, 6.07) is 6.80. The van der Waals surface area contributed by atoms with E-state index in [0.717, 1.165) is 36.9 Å². The van der Waals surface area contributed by atoms with Crippen LogP contribution in [0.1, 0.15) is 35.4 Å². The van der Waals surface area contributed by atoms with Crippen LogP contribution in [-0.4, -0.2) is 35.1 Å². The van der Waals surface area contributed by atoms with E-state index in [4.69, 9.17) is 5.11 Å². The highest BCUT2D eigenvalue weighted by atomic mass is 32.1. The lowest BCUT2D eigenvalue weighted by atomic mass is 10.1. The molecule has 1 aromatic carbocycles. The monoisotopic (exact) mass is 307 g/mol. The summed E-state index contributed by atoms with van der Waals surface area (Å²) in [6.45, 7) is 0.915. The van der Waals surface area contributed by atoms with Gasteiger partial charge in [0.25, 0.3) is 5.91 Å². The van der Waals surface area contributed by atoms with Crippen LogP contribution in [0.2, 0.25) is 0 Å². The summed E-state index contributed by atoms with van der Waals surface area (Å²) in [5.74, 6) is -0.280. The molecule has 1 atom stereocenters. The molecule has 1 saturated heterocycles. The Kier molecular flexibility index (Phi) is 4.22. The number of nitrogens with zero attached hydrogens (tertiary/aromatic N) is 1. The average molecular weight is 307 g/mol. The zero-order valence-electron chi connectivity index (χ0n) is 11.7. The number of hydrogen-bond donors (Lipinski definition) is 1. The Balaban J connectivity index is 1.84. The Morgan fingerprint density at radius 1 is 1.48 bits per heavy atom. The number of halogens is 1. The van der Waals surface area contributed by atoms with Gasteiger partial charge in [0.05, 0.1) is 4.88 Å². The van der Waals surface area contributed by atoms with Crippen molar-refractivity contribution in [3.63, 3.8) is 0 Å².